The lowest BCUT2D eigenvalue weighted by molar-refractivity contribution is 0.390. The van der Waals surface area contributed by atoms with E-state index in [9.17, 15) is 0 Å². The number of hydrogen-bond acceptors (Lipinski definition) is 2. The summed E-state index contributed by atoms with van der Waals surface area (Å²) >= 11 is 0. The highest BCUT2D eigenvalue weighted by atomic mass is 14.9. The van der Waals surface area contributed by atoms with Crippen LogP contribution in [0.1, 0.15) is 37.3 Å². The number of rotatable bonds is 4. The third-order valence-corrected chi connectivity index (χ3v) is 3.72. The van der Waals surface area contributed by atoms with Gasteiger partial charge in [0, 0.05) is 18.8 Å². The molecule has 0 bridgehead atoms. The van der Waals surface area contributed by atoms with Crippen LogP contribution in [0, 0.1) is 5.92 Å². The van der Waals surface area contributed by atoms with Gasteiger partial charge >= 0.3 is 0 Å². The zero-order valence-electron chi connectivity index (χ0n) is 10.3. The maximum absolute atomic E-state index is 3.48. The molecular weight excluding hydrogens is 196 g/mol. The molecule has 2 heteroatoms. The Morgan fingerprint density at radius 2 is 1.94 bits per heavy atom. The van der Waals surface area contributed by atoms with Gasteiger partial charge in [0.1, 0.15) is 0 Å². The Balaban J connectivity index is 2.18. The van der Waals surface area contributed by atoms with Crippen molar-refractivity contribution in [2.75, 3.05) is 19.4 Å². The third-order valence-electron chi connectivity index (χ3n) is 3.72. The van der Waals surface area contributed by atoms with Crippen molar-refractivity contribution in [3.63, 3.8) is 0 Å². The van der Waals surface area contributed by atoms with Gasteiger partial charge in [-0.25, -0.2) is 0 Å². The van der Waals surface area contributed by atoms with E-state index in [0.29, 0.717) is 6.04 Å². The lowest BCUT2D eigenvalue weighted by Crippen LogP contribution is -2.23. The molecule has 0 saturated heterocycles. The predicted octanol–water partition coefficient (Wildman–Crippen LogP) is 3.18. The molecule has 1 aromatic carbocycles. The summed E-state index contributed by atoms with van der Waals surface area (Å²) in [4.78, 5) is 0. The molecule has 2 nitrogen and oxygen atoms in total. The molecule has 1 atom stereocenters. The summed E-state index contributed by atoms with van der Waals surface area (Å²) in [5.41, 5.74) is 2.62. The fourth-order valence-corrected chi connectivity index (χ4v) is 2.85. The number of anilines is 1. The summed E-state index contributed by atoms with van der Waals surface area (Å²) in [6, 6.07) is 9.28. The first-order chi connectivity index (χ1) is 7.85. The Labute approximate surface area is 98.4 Å². The van der Waals surface area contributed by atoms with Crippen LogP contribution >= 0.6 is 0 Å². The first kappa shape index (κ1) is 11.5. The van der Waals surface area contributed by atoms with Crippen LogP contribution in [-0.4, -0.2) is 14.1 Å². The normalized spacial score (nSPS) is 18.6. The van der Waals surface area contributed by atoms with E-state index in [0.717, 1.165) is 5.92 Å². The van der Waals surface area contributed by atoms with Crippen LogP contribution in [0.15, 0.2) is 24.3 Å². The molecule has 1 saturated carbocycles. The second kappa shape index (κ2) is 5.35. The topological polar surface area (TPSA) is 24.1 Å². The highest BCUT2D eigenvalue weighted by molar-refractivity contribution is 5.46. The number of nitrogens with one attached hydrogen (secondary N) is 2. The van der Waals surface area contributed by atoms with E-state index >= 15 is 0 Å². The average Bonchev–Trinajstić information content (AvgIpc) is 2.84. The molecule has 1 aromatic rings. The second-order valence-corrected chi connectivity index (χ2v) is 4.69. The van der Waals surface area contributed by atoms with Crippen molar-refractivity contribution in [3.8, 4) is 0 Å². The Morgan fingerprint density at radius 3 is 2.56 bits per heavy atom. The molecule has 2 rings (SSSR count). The standard InChI is InChI=1S/C14H22N2/c1-15-13-9-5-8-12(10-13)14(16-2)11-6-3-4-7-11/h5,8-11,14-16H,3-4,6-7H2,1-2H3. The molecular formula is C14H22N2. The van der Waals surface area contributed by atoms with E-state index in [1.165, 1.54) is 36.9 Å². The predicted molar refractivity (Wildman–Crippen MR) is 69.7 cm³/mol. The molecule has 88 valence electrons. The fourth-order valence-electron chi connectivity index (χ4n) is 2.85. The van der Waals surface area contributed by atoms with Crippen molar-refractivity contribution in [2.24, 2.45) is 5.92 Å². The highest BCUT2D eigenvalue weighted by Gasteiger charge is 2.24. The molecule has 0 aromatic heterocycles. The van der Waals surface area contributed by atoms with Crippen LogP contribution in [0.5, 0.6) is 0 Å². The number of benzene rings is 1. The summed E-state index contributed by atoms with van der Waals surface area (Å²) in [5, 5.41) is 6.69. The van der Waals surface area contributed by atoms with Gasteiger partial charge in [0.05, 0.1) is 0 Å². The molecule has 1 fully saturated rings. The molecule has 0 amide bonds. The summed E-state index contributed by atoms with van der Waals surface area (Å²) in [7, 11) is 4.05. The Hall–Kier alpha value is -1.02. The van der Waals surface area contributed by atoms with Gasteiger partial charge in [-0.15, -0.1) is 0 Å². The zero-order chi connectivity index (χ0) is 11.4. The van der Waals surface area contributed by atoms with Gasteiger partial charge < -0.3 is 10.6 Å². The lowest BCUT2D eigenvalue weighted by atomic mass is 9.91. The Bertz CT molecular complexity index is 329. The summed E-state index contributed by atoms with van der Waals surface area (Å²) < 4.78 is 0. The van der Waals surface area contributed by atoms with Crippen LogP contribution in [0.3, 0.4) is 0 Å². The van der Waals surface area contributed by atoms with Crippen molar-refractivity contribution in [1.29, 1.82) is 0 Å². The summed E-state index contributed by atoms with van der Waals surface area (Å²) in [5.74, 6) is 0.817. The molecule has 1 aliphatic rings. The maximum atomic E-state index is 3.48. The SMILES string of the molecule is CNc1cccc(C(NC)C2CCCC2)c1. The molecule has 1 aliphatic carbocycles. The van der Waals surface area contributed by atoms with Crippen molar-refractivity contribution in [1.82, 2.24) is 5.32 Å². The van der Waals surface area contributed by atoms with Crippen molar-refractivity contribution in [3.05, 3.63) is 29.8 Å². The monoisotopic (exact) mass is 218 g/mol. The molecule has 16 heavy (non-hydrogen) atoms. The first-order valence-corrected chi connectivity index (χ1v) is 6.30. The van der Waals surface area contributed by atoms with Gasteiger partial charge in [-0.1, -0.05) is 25.0 Å². The van der Waals surface area contributed by atoms with Crippen LogP contribution < -0.4 is 10.6 Å². The molecule has 0 radical (unpaired) electrons. The van der Waals surface area contributed by atoms with Gasteiger partial charge in [-0.2, -0.15) is 0 Å². The van der Waals surface area contributed by atoms with E-state index < -0.39 is 0 Å². The minimum atomic E-state index is 0.524. The van der Waals surface area contributed by atoms with Crippen molar-refractivity contribution < 1.29 is 0 Å². The van der Waals surface area contributed by atoms with E-state index in [4.69, 9.17) is 0 Å². The van der Waals surface area contributed by atoms with Crippen molar-refractivity contribution >= 4 is 5.69 Å². The van der Waals surface area contributed by atoms with Gasteiger partial charge in [-0.05, 0) is 43.5 Å². The van der Waals surface area contributed by atoms with Crippen LogP contribution in [0.25, 0.3) is 0 Å². The number of hydrogen-bond donors (Lipinski definition) is 2. The molecule has 0 heterocycles. The summed E-state index contributed by atoms with van der Waals surface area (Å²) in [6.45, 7) is 0. The largest absolute Gasteiger partial charge is 0.388 e. The molecule has 0 spiro atoms. The van der Waals surface area contributed by atoms with Gasteiger partial charge in [-0.3, -0.25) is 0 Å². The maximum Gasteiger partial charge on any atom is 0.0346 e. The molecule has 2 N–H and O–H groups in total. The van der Waals surface area contributed by atoms with E-state index in [-0.39, 0.29) is 0 Å². The minimum Gasteiger partial charge on any atom is -0.388 e. The molecule has 0 aliphatic heterocycles. The van der Waals surface area contributed by atoms with E-state index in [1.807, 2.05) is 7.05 Å². The second-order valence-electron chi connectivity index (χ2n) is 4.69. The minimum absolute atomic E-state index is 0.524. The summed E-state index contributed by atoms with van der Waals surface area (Å²) in [6.07, 6.45) is 5.54. The smallest absolute Gasteiger partial charge is 0.0346 e. The van der Waals surface area contributed by atoms with Crippen LogP contribution in [0.2, 0.25) is 0 Å². The van der Waals surface area contributed by atoms with Gasteiger partial charge in [0.25, 0.3) is 0 Å². The highest BCUT2D eigenvalue weighted by Crippen LogP contribution is 2.35. The van der Waals surface area contributed by atoms with Gasteiger partial charge in [0.2, 0.25) is 0 Å². The first-order valence-electron chi connectivity index (χ1n) is 6.30. The Kier molecular flexibility index (Phi) is 3.83. The van der Waals surface area contributed by atoms with Crippen LogP contribution in [-0.2, 0) is 0 Å². The van der Waals surface area contributed by atoms with E-state index in [2.05, 4.69) is 41.9 Å². The fraction of sp³-hybridized carbons (Fsp3) is 0.571. The van der Waals surface area contributed by atoms with Crippen molar-refractivity contribution in [2.45, 2.75) is 31.7 Å². The Morgan fingerprint density at radius 1 is 1.19 bits per heavy atom. The quantitative estimate of drug-likeness (QED) is 0.811. The van der Waals surface area contributed by atoms with Crippen LogP contribution in [0.4, 0.5) is 5.69 Å². The molecule has 1 unspecified atom stereocenters. The average molecular weight is 218 g/mol. The lowest BCUT2D eigenvalue weighted by Gasteiger charge is -2.23. The van der Waals surface area contributed by atoms with E-state index in [1.54, 1.807) is 0 Å². The third kappa shape index (κ3) is 2.38. The zero-order valence-corrected chi connectivity index (χ0v) is 10.3. The van der Waals surface area contributed by atoms with Gasteiger partial charge in [0.15, 0.2) is 0 Å².